The lowest BCUT2D eigenvalue weighted by atomic mass is 10.1. The summed E-state index contributed by atoms with van der Waals surface area (Å²) in [4.78, 5) is 31.4. The highest BCUT2D eigenvalue weighted by Crippen LogP contribution is 2.29. The molecule has 3 aromatic heterocycles. The minimum atomic E-state index is -0.0551. The molecule has 3 heterocycles. The van der Waals surface area contributed by atoms with Gasteiger partial charge in [0.1, 0.15) is 35.6 Å². The number of nitrogens with two attached hydrogens (primary N) is 1. The third-order valence-corrected chi connectivity index (χ3v) is 6.11. The molecular weight excluding hydrogens is 454 g/mol. The molecule has 0 amide bonds. The number of benzene rings is 2. The number of nitrogen functional groups attached to an aromatic ring is 1. The Morgan fingerprint density at radius 3 is 2.58 bits per heavy atom. The standard InChI is InChI=1S/C27H27N7O2/c1-16-8-4-5-11-20(16)34-21(33-19-10-6-9-17(2)22(19)27(34)35)12-7-13-29-25-23(24(28)30-15-31-25)26-32-18(3)14-36-26/h4-6,8-11,14-15H,7,12-13H2,1-3H3,(H3,28,29,30,31). The average molecular weight is 482 g/mol. The number of fused-ring (bicyclic) bond motifs is 1. The molecule has 0 saturated heterocycles. The first-order valence-corrected chi connectivity index (χ1v) is 11.8. The van der Waals surface area contributed by atoms with Crippen molar-refractivity contribution in [2.24, 2.45) is 0 Å². The van der Waals surface area contributed by atoms with Gasteiger partial charge in [-0.2, -0.15) is 0 Å². The highest BCUT2D eigenvalue weighted by molar-refractivity contribution is 5.81. The molecule has 2 aromatic carbocycles. The van der Waals surface area contributed by atoms with Gasteiger partial charge in [-0.3, -0.25) is 9.36 Å². The summed E-state index contributed by atoms with van der Waals surface area (Å²) < 4.78 is 7.27. The number of oxazole rings is 1. The van der Waals surface area contributed by atoms with E-state index in [1.807, 2.05) is 63.2 Å². The molecule has 5 aromatic rings. The smallest absolute Gasteiger partial charge is 0.266 e. The van der Waals surface area contributed by atoms with Gasteiger partial charge < -0.3 is 15.5 Å². The second kappa shape index (κ2) is 9.61. The fourth-order valence-corrected chi connectivity index (χ4v) is 4.34. The first-order valence-electron chi connectivity index (χ1n) is 11.8. The predicted octanol–water partition coefficient (Wildman–Crippen LogP) is 4.38. The van der Waals surface area contributed by atoms with Crippen LogP contribution in [0.4, 0.5) is 11.6 Å². The Bertz CT molecular complexity index is 1620. The van der Waals surface area contributed by atoms with E-state index in [0.29, 0.717) is 53.4 Å². The van der Waals surface area contributed by atoms with E-state index in [9.17, 15) is 4.79 Å². The van der Waals surface area contributed by atoms with Gasteiger partial charge in [0.05, 0.1) is 22.3 Å². The number of nitrogens with one attached hydrogen (secondary N) is 1. The number of hydrogen-bond donors (Lipinski definition) is 2. The largest absolute Gasteiger partial charge is 0.444 e. The summed E-state index contributed by atoms with van der Waals surface area (Å²) in [5.74, 6) is 1.91. The molecule has 0 saturated carbocycles. The molecule has 3 N–H and O–H groups in total. The molecule has 9 heteroatoms. The van der Waals surface area contributed by atoms with Gasteiger partial charge in [0.2, 0.25) is 5.89 Å². The van der Waals surface area contributed by atoms with Gasteiger partial charge in [-0.1, -0.05) is 30.3 Å². The van der Waals surface area contributed by atoms with Crippen LogP contribution in [0.5, 0.6) is 0 Å². The van der Waals surface area contributed by atoms with Crippen molar-refractivity contribution in [1.82, 2.24) is 24.5 Å². The number of hydrogen-bond acceptors (Lipinski definition) is 8. The van der Waals surface area contributed by atoms with Gasteiger partial charge in [0.25, 0.3) is 5.56 Å². The molecule has 0 radical (unpaired) electrons. The number of nitrogens with zero attached hydrogens (tertiary/aromatic N) is 5. The number of aromatic nitrogens is 5. The van der Waals surface area contributed by atoms with Crippen LogP contribution in [-0.2, 0) is 6.42 Å². The van der Waals surface area contributed by atoms with Crippen molar-refractivity contribution in [2.75, 3.05) is 17.6 Å². The molecule has 0 aliphatic heterocycles. The molecule has 9 nitrogen and oxygen atoms in total. The maximum Gasteiger partial charge on any atom is 0.266 e. The minimum Gasteiger partial charge on any atom is -0.444 e. The lowest BCUT2D eigenvalue weighted by Gasteiger charge is -2.16. The molecule has 0 bridgehead atoms. The molecule has 36 heavy (non-hydrogen) atoms. The van der Waals surface area contributed by atoms with Crippen molar-refractivity contribution in [3.63, 3.8) is 0 Å². The summed E-state index contributed by atoms with van der Waals surface area (Å²) in [6.45, 7) is 6.35. The average Bonchev–Trinajstić information content (AvgIpc) is 3.28. The Morgan fingerprint density at radius 2 is 1.81 bits per heavy atom. The second-order valence-corrected chi connectivity index (χ2v) is 8.73. The Hall–Kier alpha value is -4.53. The van der Waals surface area contributed by atoms with Crippen molar-refractivity contribution >= 4 is 22.5 Å². The van der Waals surface area contributed by atoms with Gasteiger partial charge in [-0.05, 0) is 50.5 Å². The Balaban J connectivity index is 1.44. The zero-order valence-electron chi connectivity index (χ0n) is 20.4. The molecule has 0 fully saturated rings. The molecule has 0 spiro atoms. The summed E-state index contributed by atoms with van der Waals surface area (Å²) >= 11 is 0. The molecule has 0 atom stereocenters. The van der Waals surface area contributed by atoms with E-state index < -0.39 is 0 Å². The first-order chi connectivity index (χ1) is 17.4. The van der Waals surface area contributed by atoms with Crippen LogP contribution in [0.2, 0.25) is 0 Å². The van der Waals surface area contributed by atoms with Crippen molar-refractivity contribution in [3.8, 4) is 17.1 Å². The van der Waals surface area contributed by atoms with Crippen molar-refractivity contribution in [2.45, 2.75) is 33.6 Å². The van der Waals surface area contributed by atoms with Gasteiger partial charge in [0.15, 0.2) is 0 Å². The summed E-state index contributed by atoms with van der Waals surface area (Å²) in [6.07, 6.45) is 4.24. The highest BCUT2D eigenvalue weighted by atomic mass is 16.3. The maximum absolute atomic E-state index is 13.7. The number of para-hydroxylation sites is 1. The van der Waals surface area contributed by atoms with E-state index in [-0.39, 0.29) is 11.4 Å². The summed E-state index contributed by atoms with van der Waals surface area (Å²) in [5.41, 5.74) is 10.8. The Labute approximate surface area is 208 Å². The van der Waals surface area contributed by atoms with Crippen LogP contribution in [0, 0.1) is 20.8 Å². The minimum absolute atomic E-state index is 0.0551. The number of aryl methyl sites for hydroxylation is 4. The van der Waals surface area contributed by atoms with Gasteiger partial charge >= 0.3 is 0 Å². The topological polar surface area (TPSA) is 125 Å². The first kappa shape index (κ1) is 23.2. The van der Waals surface area contributed by atoms with Crippen molar-refractivity contribution in [3.05, 3.63) is 88.1 Å². The summed E-state index contributed by atoms with van der Waals surface area (Å²) in [5, 5.41) is 3.96. The molecule has 5 rings (SSSR count). The number of anilines is 2. The van der Waals surface area contributed by atoms with Crippen LogP contribution in [-0.4, -0.2) is 31.0 Å². The Kier molecular flexibility index (Phi) is 6.20. The third kappa shape index (κ3) is 4.31. The van der Waals surface area contributed by atoms with E-state index in [2.05, 4.69) is 20.3 Å². The fourth-order valence-electron chi connectivity index (χ4n) is 4.34. The second-order valence-electron chi connectivity index (χ2n) is 8.73. The molecule has 0 unspecified atom stereocenters. The van der Waals surface area contributed by atoms with Crippen molar-refractivity contribution < 1.29 is 4.42 Å². The van der Waals surface area contributed by atoms with Gasteiger partial charge in [-0.15, -0.1) is 0 Å². The Morgan fingerprint density at radius 1 is 1.00 bits per heavy atom. The SMILES string of the molecule is Cc1coc(-c2c(N)ncnc2NCCCc2nc3cccc(C)c3c(=O)n2-c2ccccc2C)n1. The van der Waals surface area contributed by atoms with E-state index in [4.69, 9.17) is 15.1 Å². The summed E-state index contributed by atoms with van der Waals surface area (Å²) in [7, 11) is 0. The summed E-state index contributed by atoms with van der Waals surface area (Å²) in [6, 6.07) is 13.6. The predicted molar refractivity (Wildman–Crippen MR) is 140 cm³/mol. The molecule has 0 aliphatic rings. The van der Waals surface area contributed by atoms with E-state index >= 15 is 0 Å². The van der Waals surface area contributed by atoms with Crippen LogP contribution in [0.1, 0.15) is 29.1 Å². The number of rotatable bonds is 7. The van der Waals surface area contributed by atoms with Crippen LogP contribution in [0.3, 0.4) is 0 Å². The molecule has 0 aliphatic carbocycles. The monoisotopic (exact) mass is 481 g/mol. The molecule has 182 valence electrons. The van der Waals surface area contributed by atoms with Crippen LogP contribution < -0.4 is 16.6 Å². The lowest BCUT2D eigenvalue weighted by Crippen LogP contribution is -2.25. The van der Waals surface area contributed by atoms with Gasteiger partial charge in [0, 0.05) is 13.0 Å². The van der Waals surface area contributed by atoms with Gasteiger partial charge in [-0.25, -0.2) is 19.9 Å². The van der Waals surface area contributed by atoms with Crippen LogP contribution >= 0.6 is 0 Å². The van der Waals surface area contributed by atoms with Crippen LogP contribution in [0.25, 0.3) is 28.0 Å². The fraction of sp³-hybridized carbons (Fsp3) is 0.222. The maximum atomic E-state index is 13.7. The van der Waals surface area contributed by atoms with E-state index in [0.717, 1.165) is 22.5 Å². The highest BCUT2D eigenvalue weighted by Gasteiger charge is 2.18. The third-order valence-electron chi connectivity index (χ3n) is 6.11. The van der Waals surface area contributed by atoms with E-state index in [1.54, 1.807) is 10.8 Å². The van der Waals surface area contributed by atoms with Crippen molar-refractivity contribution in [1.29, 1.82) is 0 Å². The lowest BCUT2D eigenvalue weighted by molar-refractivity contribution is 0.573. The molecular formula is C27H27N7O2. The van der Waals surface area contributed by atoms with Crippen LogP contribution in [0.15, 0.2) is 64.3 Å². The zero-order valence-corrected chi connectivity index (χ0v) is 20.4. The quantitative estimate of drug-likeness (QED) is 0.328. The normalized spacial score (nSPS) is 11.2. The van der Waals surface area contributed by atoms with E-state index in [1.165, 1.54) is 6.33 Å². The zero-order chi connectivity index (χ0) is 25.2.